The van der Waals surface area contributed by atoms with Gasteiger partial charge in [0.1, 0.15) is 5.82 Å². The summed E-state index contributed by atoms with van der Waals surface area (Å²) < 4.78 is 12.7. The van der Waals surface area contributed by atoms with Gasteiger partial charge in [0.2, 0.25) is 0 Å². The van der Waals surface area contributed by atoms with Gasteiger partial charge in [-0.25, -0.2) is 4.39 Å². The Hall–Kier alpha value is -1.09. The van der Waals surface area contributed by atoms with Crippen molar-refractivity contribution in [2.24, 2.45) is 0 Å². The maximum absolute atomic E-state index is 12.7. The van der Waals surface area contributed by atoms with Gasteiger partial charge in [-0.3, -0.25) is 0 Å². The summed E-state index contributed by atoms with van der Waals surface area (Å²) in [5.74, 6) is -0.192. The summed E-state index contributed by atoms with van der Waals surface area (Å²) in [5, 5.41) is 4.11. The van der Waals surface area contributed by atoms with Crippen LogP contribution >= 0.6 is 24.0 Å². The summed E-state index contributed by atoms with van der Waals surface area (Å²) >= 11 is 6.06. The van der Waals surface area contributed by atoms with Crippen molar-refractivity contribution in [3.63, 3.8) is 0 Å². The van der Waals surface area contributed by atoms with Crippen molar-refractivity contribution in [2.75, 3.05) is 6.54 Å². The highest BCUT2D eigenvalue weighted by Crippen LogP contribution is 2.14. The monoisotopic (exact) mass is 299 g/mol. The smallest absolute Gasteiger partial charge is 0.123 e. The zero-order valence-corrected chi connectivity index (χ0v) is 12.0. The van der Waals surface area contributed by atoms with Crippen LogP contribution in [0, 0.1) is 5.82 Å². The molecule has 0 aliphatic heterocycles. The molecule has 0 aliphatic carbocycles. The molecule has 4 heteroatoms. The fraction of sp³-hybridized carbons (Fsp3) is 0.200. The van der Waals surface area contributed by atoms with Gasteiger partial charge in [0, 0.05) is 11.6 Å². The van der Waals surface area contributed by atoms with Gasteiger partial charge in [-0.15, -0.1) is 12.4 Å². The highest BCUT2D eigenvalue weighted by molar-refractivity contribution is 6.31. The van der Waals surface area contributed by atoms with Gasteiger partial charge in [0.25, 0.3) is 0 Å². The molecule has 0 saturated carbocycles. The molecule has 2 aromatic rings. The van der Waals surface area contributed by atoms with Crippen LogP contribution in [0.4, 0.5) is 4.39 Å². The van der Waals surface area contributed by atoms with Crippen molar-refractivity contribution in [1.82, 2.24) is 5.32 Å². The van der Waals surface area contributed by atoms with Crippen LogP contribution < -0.4 is 5.32 Å². The van der Waals surface area contributed by atoms with E-state index in [4.69, 9.17) is 11.6 Å². The minimum absolute atomic E-state index is 0. The zero-order valence-electron chi connectivity index (χ0n) is 10.4. The number of hydrogen-bond acceptors (Lipinski definition) is 1. The summed E-state index contributed by atoms with van der Waals surface area (Å²) in [6, 6.07) is 14.4. The second kappa shape index (κ2) is 8.16. The fourth-order valence-electron chi connectivity index (χ4n) is 1.75. The van der Waals surface area contributed by atoms with Gasteiger partial charge >= 0.3 is 0 Å². The molecule has 0 atom stereocenters. The molecule has 0 unspecified atom stereocenters. The Labute approximate surface area is 124 Å². The first kappa shape index (κ1) is 16.0. The summed E-state index contributed by atoms with van der Waals surface area (Å²) in [7, 11) is 0. The third kappa shape index (κ3) is 5.19. The minimum atomic E-state index is -0.192. The predicted molar refractivity (Wildman–Crippen MR) is 80.5 cm³/mol. The summed E-state index contributed by atoms with van der Waals surface area (Å²) in [6.07, 6.45) is 0.880. The van der Waals surface area contributed by atoms with Crippen LogP contribution in [-0.4, -0.2) is 6.54 Å². The van der Waals surface area contributed by atoms with Crippen LogP contribution in [0.3, 0.4) is 0 Å². The highest BCUT2D eigenvalue weighted by Gasteiger charge is 1.98. The van der Waals surface area contributed by atoms with E-state index in [0.717, 1.165) is 35.7 Å². The van der Waals surface area contributed by atoms with Gasteiger partial charge in [-0.1, -0.05) is 41.9 Å². The topological polar surface area (TPSA) is 12.0 Å². The summed E-state index contributed by atoms with van der Waals surface area (Å²) in [6.45, 7) is 1.59. The van der Waals surface area contributed by atoms with Crippen LogP contribution in [0.25, 0.3) is 0 Å². The second-order valence-electron chi connectivity index (χ2n) is 4.14. The minimum Gasteiger partial charge on any atom is -0.312 e. The number of nitrogens with one attached hydrogen (secondary N) is 1. The molecule has 102 valence electrons. The lowest BCUT2D eigenvalue weighted by Crippen LogP contribution is -2.16. The molecule has 1 nitrogen and oxygen atoms in total. The summed E-state index contributed by atoms with van der Waals surface area (Å²) in [4.78, 5) is 0. The first-order valence-corrected chi connectivity index (χ1v) is 6.32. The van der Waals surface area contributed by atoms with E-state index in [2.05, 4.69) is 5.32 Å². The molecule has 0 spiro atoms. The number of rotatable bonds is 5. The normalized spacial score (nSPS) is 10.0. The Morgan fingerprint density at radius 3 is 2.37 bits per heavy atom. The van der Waals surface area contributed by atoms with Crippen LogP contribution in [0.5, 0.6) is 0 Å². The second-order valence-corrected chi connectivity index (χ2v) is 4.55. The lowest BCUT2D eigenvalue weighted by molar-refractivity contribution is 0.626. The molecular weight excluding hydrogens is 284 g/mol. The van der Waals surface area contributed by atoms with E-state index in [0.29, 0.717) is 0 Å². The standard InChI is InChI=1S/C15H15ClFN.ClH/c16-15-4-2-1-3-13(15)11-18-10-9-12-5-7-14(17)8-6-12;/h1-8,18H,9-11H2;1H. The van der Waals surface area contributed by atoms with Gasteiger partial charge in [0.15, 0.2) is 0 Å². The maximum atomic E-state index is 12.7. The van der Waals surface area contributed by atoms with E-state index in [1.54, 1.807) is 0 Å². The van der Waals surface area contributed by atoms with E-state index in [1.807, 2.05) is 36.4 Å². The molecule has 0 aliphatic rings. The van der Waals surface area contributed by atoms with Crippen molar-refractivity contribution in [3.8, 4) is 0 Å². The Morgan fingerprint density at radius 2 is 1.68 bits per heavy atom. The van der Waals surface area contributed by atoms with Crippen LogP contribution in [-0.2, 0) is 13.0 Å². The van der Waals surface area contributed by atoms with E-state index in [9.17, 15) is 4.39 Å². The van der Waals surface area contributed by atoms with E-state index >= 15 is 0 Å². The van der Waals surface area contributed by atoms with Crippen LogP contribution in [0.2, 0.25) is 5.02 Å². The number of hydrogen-bond donors (Lipinski definition) is 1. The van der Waals surface area contributed by atoms with E-state index in [1.165, 1.54) is 12.1 Å². The molecule has 0 heterocycles. The number of benzene rings is 2. The molecular formula is C15H16Cl2FN. The fourth-order valence-corrected chi connectivity index (χ4v) is 1.95. The molecule has 1 N–H and O–H groups in total. The Balaban J connectivity index is 0.00000180. The van der Waals surface area contributed by atoms with Crippen molar-refractivity contribution in [2.45, 2.75) is 13.0 Å². The Kier molecular flexibility index (Phi) is 6.85. The van der Waals surface area contributed by atoms with Crippen LogP contribution in [0.15, 0.2) is 48.5 Å². The lowest BCUT2D eigenvalue weighted by Gasteiger charge is -2.06. The Morgan fingerprint density at radius 1 is 1.00 bits per heavy atom. The molecule has 0 amide bonds. The lowest BCUT2D eigenvalue weighted by atomic mass is 10.1. The summed E-state index contributed by atoms with van der Waals surface area (Å²) in [5.41, 5.74) is 2.22. The van der Waals surface area contributed by atoms with E-state index in [-0.39, 0.29) is 18.2 Å². The van der Waals surface area contributed by atoms with Gasteiger partial charge in [-0.2, -0.15) is 0 Å². The van der Waals surface area contributed by atoms with Crippen molar-refractivity contribution < 1.29 is 4.39 Å². The average Bonchev–Trinajstić information content (AvgIpc) is 2.39. The quantitative estimate of drug-likeness (QED) is 0.815. The molecule has 2 rings (SSSR count). The average molecular weight is 300 g/mol. The highest BCUT2D eigenvalue weighted by atomic mass is 35.5. The molecule has 0 aromatic heterocycles. The Bertz CT molecular complexity index is 500. The first-order valence-electron chi connectivity index (χ1n) is 5.94. The zero-order chi connectivity index (χ0) is 12.8. The molecule has 0 fully saturated rings. The van der Waals surface area contributed by atoms with Crippen molar-refractivity contribution in [1.29, 1.82) is 0 Å². The molecule has 0 radical (unpaired) electrons. The van der Waals surface area contributed by atoms with Gasteiger partial charge in [-0.05, 0) is 42.3 Å². The predicted octanol–water partition coefficient (Wildman–Crippen LogP) is 4.23. The van der Waals surface area contributed by atoms with E-state index < -0.39 is 0 Å². The number of halogens is 3. The first-order chi connectivity index (χ1) is 8.75. The third-order valence-corrected chi connectivity index (χ3v) is 3.15. The molecule has 0 bridgehead atoms. The molecule has 19 heavy (non-hydrogen) atoms. The molecule has 2 aromatic carbocycles. The third-order valence-electron chi connectivity index (χ3n) is 2.78. The van der Waals surface area contributed by atoms with Gasteiger partial charge in [0.05, 0.1) is 0 Å². The SMILES string of the molecule is Cl.Fc1ccc(CCNCc2ccccc2Cl)cc1. The maximum Gasteiger partial charge on any atom is 0.123 e. The van der Waals surface area contributed by atoms with Crippen LogP contribution in [0.1, 0.15) is 11.1 Å². The van der Waals surface area contributed by atoms with Crippen molar-refractivity contribution >= 4 is 24.0 Å². The van der Waals surface area contributed by atoms with Crippen molar-refractivity contribution in [3.05, 3.63) is 70.5 Å². The van der Waals surface area contributed by atoms with Gasteiger partial charge < -0.3 is 5.32 Å². The largest absolute Gasteiger partial charge is 0.312 e. The molecule has 0 saturated heterocycles.